The van der Waals surface area contributed by atoms with Gasteiger partial charge in [-0.1, -0.05) is 12.1 Å². The van der Waals surface area contributed by atoms with Gasteiger partial charge in [-0.3, -0.25) is 4.90 Å². The summed E-state index contributed by atoms with van der Waals surface area (Å²) in [5.74, 6) is -1.02. The molecule has 0 saturated carbocycles. The lowest BCUT2D eigenvalue weighted by molar-refractivity contribution is -0.157. The molecular weight excluding hydrogens is 391 g/mol. The van der Waals surface area contributed by atoms with Crippen LogP contribution >= 0.6 is 0 Å². The zero-order valence-electron chi connectivity index (χ0n) is 18.8. The van der Waals surface area contributed by atoms with E-state index in [1.165, 1.54) is 6.07 Å². The summed E-state index contributed by atoms with van der Waals surface area (Å²) in [4.78, 5) is 27.9. The first-order chi connectivity index (χ1) is 13.8. The Morgan fingerprint density at radius 2 is 1.57 bits per heavy atom. The Labute approximate surface area is 178 Å². The van der Waals surface area contributed by atoms with Gasteiger partial charge < -0.3 is 19.1 Å². The molecule has 0 aliphatic carbocycles. The van der Waals surface area contributed by atoms with E-state index in [-0.39, 0.29) is 18.4 Å². The molecule has 168 valence electrons. The average Bonchev–Trinajstić information content (AvgIpc) is 2.59. The fourth-order valence-electron chi connectivity index (χ4n) is 3.00. The highest BCUT2D eigenvalue weighted by atomic mass is 19.1. The van der Waals surface area contributed by atoms with Gasteiger partial charge >= 0.3 is 12.1 Å². The molecule has 0 radical (unpaired) electrons. The summed E-state index contributed by atoms with van der Waals surface area (Å²) in [6, 6.07) is 4.68. The van der Waals surface area contributed by atoms with Gasteiger partial charge in [-0.15, -0.1) is 0 Å². The van der Waals surface area contributed by atoms with E-state index in [1.807, 2.05) is 20.8 Å². The van der Waals surface area contributed by atoms with Crippen LogP contribution in [0.2, 0.25) is 0 Å². The summed E-state index contributed by atoms with van der Waals surface area (Å²) < 4.78 is 30.4. The maximum atomic E-state index is 14.4. The van der Waals surface area contributed by atoms with E-state index in [0.29, 0.717) is 38.3 Å². The van der Waals surface area contributed by atoms with Crippen molar-refractivity contribution in [1.82, 2.24) is 9.80 Å². The third kappa shape index (κ3) is 7.82. The number of amides is 1. The van der Waals surface area contributed by atoms with E-state index in [1.54, 1.807) is 37.8 Å². The van der Waals surface area contributed by atoms with Gasteiger partial charge in [-0.25, -0.2) is 14.0 Å². The minimum Gasteiger partial charge on any atom is -0.478 e. The lowest BCUT2D eigenvalue weighted by Gasteiger charge is -2.35. The SMILES string of the molecule is CC(C)(C)OC(=O)COc1c(F)cccc1CN1CCN(C(=O)OC(C)(C)C)CC1. The predicted molar refractivity (Wildman–Crippen MR) is 111 cm³/mol. The van der Waals surface area contributed by atoms with Crippen molar-refractivity contribution in [2.45, 2.75) is 59.3 Å². The minimum atomic E-state index is -0.633. The minimum absolute atomic E-state index is 0.0536. The lowest BCUT2D eigenvalue weighted by atomic mass is 10.1. The number of ether oxygens (including phenoxy) is 3. The fraction of sp³-hybridized carbons (Fsp3) is 0.636. The molecule has 1 aliphatic rings. The normalized spacial score (nSPS) is 15.6. The molecule has 1 aliphatic heterocycles. The van der Waals surface area contributed by atoms with E-state index in [9.17, 15) is 14.0 Å². The molecule has 0 aromatic heterocycles. The van der Waals surface area contributed by atoms with Crippen LogP contribution in [0.15, 0.2) is 18.2 Å². The molecule has 1 heterocycles. The second-order valence-corrected chi connectivity index (χ2v) is 9.35. The molecule has 2 rings (SSSR count). The zero-order valence-corrected chi connectivity index (χ0v) is 18.8. The third-order valence-corrected chi connectivity index (χ3v) is 4.22. The largest absolute Gasteiger partial charge is 0.478 e. The summed E-state index contributed by atoms with van der Waals surface area (Å²) in [6.07, 6.45) is -0.325. The number of piperazine rings is 1. The number of para-hydroxylation sites is 1. The van der Waals surface area contributed by atoms with Gasteiger partial charge in [0.05, 0.1) is 0 Å². The highest BCUT2D eigenvalue weighted by Crippen LogP contribution is 2.25. The number of rotatable bonds is 5. The standard InChI is InChI=1S/C22H33FN2O5/c1-21(2,3)29-18(26)15-28-19-16(8-7-9-17(19)23)14-24-10-12-25(13-11-24)20(27)30-22(4,5)6/h7-9H,10-15H2,1-6H3. The summed E-state index contributed by atoms with van der Waals surface area (Å²) in [5.41, 5.74) is -0.521. The summed E-state index contributed by atoms with van der Waals surface area (Å²) in [7, 11) is 0. The Morgan fingerprint density at radius 3 is 2.13 bits per heavy atom. The topological polar surface area (TPSA) is 68.3 Å². The van der Waals surface area contributed by atoms with Gasteiger partial charge in [0.15, 0.2) is 18.2 Å². The first kappa shape index (κ1) is 23.9. The second-order valence-electron chi connectivity index (χ2n) is 9.35. The molecular formula is C22H33FN2O5. The highest BCUT2D eigenvalue weighted by Gasteiger charge is 2.26. The van der Waals surface area contributed by atoms with Crippen LogP contribution in [0.4, 0.5) is 9.18 Å². The van der Waals surface area contributed by atoms with Crippen molar-refractivity contribution in [2.75, 3.05) is 32.8 Å². The van der Waals surface area contributed by atoms with E-state index in [4.69, 9.17) is 14.2 Å². The van der Waals surface area contributed by atoms with Crippen molar-refractivity contribution in [1.29, 1.82) is 0 Å². The molecule has 0 spiro atoms. The summed E-state index contributed by atoms with van der Waals surface area (Å²) >= 11 is 0. The summed E-state index contributed by atoms with van der Waals surface area (Å²) in [6.45, 7) is 13.2. The average molecular weight is 425 g/mol. The quantitative estimate of drug-likeness (QED) is 0.673. The number of nitrogens with zero attached hydrogens (tertiary/aromatic N) is 2. The van der Waals surface area contributed by atoms with E-state index in [0.717, 1.165) is 0 Å². The molecule has 0 atom stereocenters. The van der Waals surface area contributed by atoms with Crippen LogP contribution in [0.3, 0.4) is 0 Å². The molecule has 0 N–H and O–H groups in total. The van der Waals surface area contributed by atoms with Crippen molar-refractivity contribution in [3.05, 3.63) is 29.6 Å². The van der Waals surface area contributed by atoms with Crippen LogP contribution in [-0.2, 0) is 20.8 Å². The smallest absolute Gasteiger partial charge is 0.410 e. The highest BCUT2D eigenvalue weighted by molar-refractivity contribution is 5.71. The van der Waals surface area contributed by atoms with Crippen molar-refractivity contribution in [3.63, 3.8) is 0 Å². The first-order valence-electron chi connectivity index (χ1n) is 10.2. The fourth-order valence-corrected chi connectivity index (χ4v) is 3.00. The van der Waals surface area contributed by atoms with Crippen LogP contribution in [0.5, 0.6) is 5.75 Å². The molecule has 30 heavy (non-hydrogen) atoms. The van der Waals surface area contributed by atoms with Crippen LogP contribution in [0.1, 0.15) is 47.1 Å². The van der Waals surface area contributed by atoms with Gasteiger partial charge in [0.2, 0.25) is 0 Å². The van der Waals surface area contributed by atoms with Gasteiger partial charge in [0.25, 0.3) is 0 Å². The molecule has 1 saturated heterocycles. The molecule has 1 amide bonds. The lowest BCUT2D eigenvalue weighted by Crippen LogP contribution is -2.49. The molecule has 0 bridgehead atoms. The monoisotopic (exact) mass is 424 g/mol. The Bertz CT molecular complexity index is 747. The number of hydrogen-bond acceptors (Lipinski definition) is 6. The van der Waals surface area contributed by atoms with Crippen molar-refractivity contribution in [2.24, 2.45) is 0 Å². The molecule has 7 nitrogen and oxygen atoms in total. The number of halogens is 1. The van der Waals surface area contributed by atoms with Crippen LogP contribution in [0, 0.1) is 5.82 Å². The van der Waals surface area contributed by atoms with Crippen molar-refractivity contribution in [3.8, 4) is 5.75 Å². The molecule has 1 aromatic carbocycles. The van der Waals surface area contributed by atoms with Gasteiger partial charge in [-0.05, 0) is 47.6 Å². The second kappa shape index (κ2) is 9.64. The first-order valence-corrected chi connectivity index (χ1v) is 10.2. The Hall–Kier alpha value is -2.35. The maximum Gasteiger partial charge on any atom is 0.410 e. The molecule has 1 aromatic rings. The Kier molecular flexibility index (Phi) is 7.69. The Balaban J connectivity index is 1.94. The number of hydrogen-bond donors (Lipinski definition) is 0. The van der Waals surface area contributed by atoms with E-state index < -0.39 is 23.0 Å². The zero-order chi connectivity index (χ0) is 22.5. The predicted octanol–water partition coefficient (Wildman–Crippen LogP) is 3.60. The molecule has 0 unspecified atom stereocenters. The number of carbonyl (C=O) groups excluding carboxylic acids is 2. The summed E-state index contributed by atoms with van der Waals surface area (Å²) in [5, 5.41) is 0. The van der Waals surface area contributed by atoms with Crippen LogP contribution in [-0.4, -0.2) is 65.9 Å². The maximum absolute atomic E-state index is 14.4. The number of benzene rings is 1. The van der Waals surface area contributed by atoms with Crippen LogP contribution < -0.4 is 4.74 Å². The van der Waals surface area contributed by atoms with Gasteiger partial charge in [-0.2, -0.15) is 0 Å². The van der Waals surface area contributed by atoms with E-state index in [2.05, 4.69) is 4.90 Å². The van der Waals surface area contributed by atoms with Crippen LogP contribution in [0.25, 0.3) is 0 Å². The van der Waals surface area contributed by atoms with Gasteiger partial charge in [0, 0.05) is 38.3 Å². The number of esters is 1. The third-order valence-electron chi connectivity index (χ3n) is 4.22. The van der Waals surface area contributed by atoms with Crippen molar-refractivity contribution >= 4 is 12.1 Å². The molecule has 1 fully saturated rings. The van der Waals surface area contributed by atoms with Crippen molar-refractivity contribution < 1.29 is 28.2 Å². The van der Waals surface area contributed by atoms with Gasteiger partial charge in [0.1, 0.15) is 11.2 Å². The molecule has 8 heteroatoms. The van der Waals surface area contributed by atoms with E-state index >= 15 is 0 Å². The number of carbonyl (C=O) groups is 2. The Morgan fingerprint density at radius 1 is 0.967 bits per heavy atom.